The zero-order valence-corrected chi connectivity index (χ0v) is 33.2. The smallest absolute Gasteiger partial charge is 0.164 e. The molecule has 0 unspecified atom stereocenters. The molecule has 0 atom stereocenters. The second-order valence-electron chi connectivity index (χ2n) is 15.9. The van der Waals surface area contributed by atoms with Gasteiger partial charge in [-0.2, -0.15) is 0 Å². The third-order valence-corrected chi connectivity index (χ3v) is 12.3. The minimum Gasteiger partial charge on any atom is -0.456 e. The van der Waals surface area contributed by atoms with Crippen molar-refractivity contribution in [3.05, 3.63) is 200 Å². The molecule has 0 saturated heterocycles. The minimum absolute atomic E-state index is 0.583. The van der Waals surface area contributed by atoms with Crippen LogP contribution < -0.4 is 0 Å². The van der Waals surface area contributed by atoms with Crippen molar-refractivity contribution in [1.82, 2.24) is 15.0 Å². The van der Waals surface area contributed by atoms with Crippen LogP contribution >= 0.6 is 0 Å². The van der Waals surface area contributed by atoms with E-state index in [1.54, 1.807) is 0 Å². The van der Waals surface area contributed by atoms with Crippen molar-refractivity contribution in [2.45, 2.75) is 0 Å². The van der Waals surface area contributed by atoms with Gasteiger partial charge in [-0.25, -0.2) is 15.0 Å². The fourth-order valence-corrected chi connectivity index (χ4v) is 9.34. The zero-order chi connectivity index (χ0) is 40.7. The number of furan rings is 2. The number of para-hydroxylation sites is 2. The monoisotopic (exact) mass is 791 g/mol. The highest BCUT2D eigenvalue weighted by Crippen LogP contribution is 2.41. The van der Waals surface area contributed by atoms with Crippen LogP contribution in [0.3, 0.4) is 0 Å². The van der Waals surface area contributed by atoms with E-state index in [0.717, 1.165) is 99.0 Å². The van der Waals surface area contributed by atoms with E-state index < -0.39 is 0 Å². The summed E-state index contributed by atoms with van der Waals surface area (Å²) in [5, 5.41) is 11.2. The van der Waals surface area contributed by atoms with Gasteiger partial charge in [-0.1, -0.05) is 158 Å². The molecule has 62 heavy (non-hydrogen) atoms. The third-order valence-electron chi connectivity index (χ3n) is 12.3. The van der Waals surface area contributed by atoms with Crippen LogP contribution in [0.1, 0.15) is 0 Å². The van der Waals surface area contributed by atoms with Crippen molar-refractivity contribution in [3.8, 4) is 56.4 Å². The number of rotatable bonds is 5. The Kier molecular flexibility index (Phi) is 7.54. The molecule has 0 spiro atoms. The largest absolute Gasteiger partial charge is 0.456 e. The summed E-state index contributed by atoms with van der Waals surface area (Å²) in [6.45, 7) is 0. The van der Waals surface area contributed by atoms with E-state index in [1.165, 1.54) is 16.2 Å². The van der Waals surface area contributed by atoms with Crippen molar-refractivity contribution < 1.29 is 8.83 Å². The molecule has 3 heterocycles. The molecular formula is C57H33N3O2. The van der Waals surface area contributed by atoms with Crippen LogP contribution in [0.2, 0.25) is 0 Å². The number of benzene rings is 10. The maximum Gasteiger partial charge on any atom is 0.164 e. The average molecular weight is 792 g/mol. The molecule has 13 rings (SSSR count). The van der Waals surface area contributed by atoms with Gasteiger partial charge < -0.3 is 8.83 Å². The summed E-state index contributed by atoms with van der Waals surface area (Å²) in [4.78, 5) is 15.8. The van der Waals surface area contributed by atoms with Gasteiger partial charge in [0.25, 0.3) is 0 Å². The summed E-state index contributed by atoms with van der Waals surface area (Å²) in [5.74, 6) is 1.78. The van der Waals surface area contributed by atoms with Crippen LogP contribution in [-0.2, 0) is 0 Å². The zero-order valence-electron chi connectivity index (χ0n) is 33.2. The van der Waals surface area contributed by atoms with Gasteiger partial charge >= 0.3 is 0 Å². The molecule has 0 saturated carbocycles. The molecule has 0 amide bonds. The number of fused-ring (bicyclic) bond motifs is 10. The highest BCUT2D eigenvalue weighted by molar-refractivity contribution is 6.20. The first-order valence-electron chi connectivity index (χ1n) is 20.8. The minimum atomic E-state index is 0.583. The van der Waals surface area contributed by atoms with Gasteiger partial charge in [0, 0.05) is 38.2 Å². The second-order valence-corrected chi connectivity index (χ2v) is 15.9. The van der Waals surface area contributed by atoms with Gasteiger partial charge in [-0.05, 0) is 97.0 Å². The highest BCUT2D eigenvalue weighted by Gasteiger charge is 2.20. The van der Waals surface area contributed by atoms with Crippen LogP contribution in [0.5, 0.6) is 0 Å². The Morgan fingerprint density at radius 1 is 0.258 bits per heavy atom. The lowest BCUT2D eigenvalue weighted by molar-refractivity contribution is 0.668. The molecule has 5 nitrogen and oxygen atoms in total. The van der Waals surface area contributed by atoms with Crippen LogP contribution in [0, 0.1) is 0 Å². The first-order valence-corrected chi connectivity index (χ1v) is 20.8. The summed E-state index contributed by atoms with van der Waals surface area (Å²) < 4.78 is 12.6. The quantitative estimate of drug-likeness (QED) is 0.174. The molecule has 5 heteroatoms. The molecule has 0 fully saturated rings. The number of aromatic nitrogens is 3. The lowest BCUT2D eigenvalue weighted by Crippen LogP contribution is -2.01. The topological polar surface area (TPSA) is 65.0 Å². The van der Waals surface area contributed by atoms with Gasteiger partial charge in [-0.3, -0.25) is 0 Å². The van der Waals surface area contributed by atoms with Crippen LogP contribution in [0.15, 0.2) is 209 Å². The standard InChI is InChI=1S/C57H33N3O2/c1-2-11-38-32-39(26-22-34(38)10-1)35-20-24-37(25-21-35)55-58-56(60-57(59-55)47-16-9-19-51-53(47)45-14-5-7-17-49(45)61-51)44-30-29-41(42-12-3-4-13-43(42)44)40-27-23-36-28-31-52-54(48(36)33-40)46-15-6-8-18-50(46)62-52/h1-33H. The lowest BCUT2D eigenvalue weighted by atomic mass is 9.92. The summed E-state index contributed by atoms with van der Waals surface area (Å²) in [6, 6.07) is 70.0. The van der Waals surface area contributed by atoms with E-state index >= 15 is 0 Å². The Morgan fingerprint density at radius 2 is 0.790 bits per heavy atom. The van der Waals surface area contributed by atoms with Crippen LogP contribution in [0.25, 0.3) is 133 Å². The van der Waals surface area contributed by atoms with Gasteiger partial charge in [-0.15, -0.1) is 0 Å². The predicted molar refractivity (Wildman–Crippen MR) is 254 cm³/mol. The van der Waals surface area contributed by atoms with Gasteiger partial charge in [0.05, 0.1) is 0 Å². The van der Waals surface area contributed by atoms with Crippen molar-refractivity contribution in [1.29, 1.82) is 0 Å². The van der Waals surface area contributed by atoms with Gasteiger partial charge in [0.2, 0.25) is 0 Å². The lowest BCUT2D eigenvalue weighted by Gasteiger charge is -2.14. The second kappa shape index (κ2) is 13.6. The molecule has 0 aliphatic rings. The van der Waals surface area contributed by atoms with Crippen molar-refractivity contribution in [3.63, 3.8) is 0 Å². The SMILES string of the molecule is c1ccc2cc(-c3ccc(-c4nc(-c5ccc(-c6ccc7ccc8oc9ccccc9c8c7c6)c6ccccc56)nc(-c5cccc6oc7ccccc7c56)n4)cc3)ccc2c1. The Balaban J connectivity index is 0.991. The number of nitrogens with zero attached hydrogens (tertiary/aromatic N) is 3. The fraction of sp³-hybridized carbons (Fsp3) is 0. The summed E-state index contributed by atoms with van der Waals surface area (Å²) >= 11 is 0. The van der Waals surface area contributed by atoms with Crippen LogP contribution in [-0.4, -0.2) is 15.0 Å². The van der Waals surface area contributed by atoms with E-state index in [-0.39, 0.29) is 0 Å². The van der Waals surface area contributed by atoms with E-state index in [9.17, 15) is 0 Å². The fourth-order valence-electron chi connectivity index (χ4n) is 9.34. The summed E-state index contributed by atoms with van der Waals surface area (Å²) in [5.41, 5.74) is 10.7. The van der Waals surface area contributed by atoms with Crippen LogP contribution in [0.4, 0.5) is 0 Å². The molecule has 0 aliphatic heterocycles. The summed E-state index contributed by atoms with van der Waals surface area (Å²) in [7, 11) is 0. The van der Waals surface area contributed by atoms with Crippen molar-refractivity contribution in [2.75, 3.05) is 0 Å². The van der Waals surface area contributed by atoms with E-state index in [0.29, 0.717) is 17.5 Å². The Hall–Kier alpha value is -8.41. The van der Waals surface area contributed by atoms with Crippen molar-refractivity contribution >= 4 is 76.2 Å². The molecular weight excluding hydrogens is 759 g/mol. The predicted octanol–water partition coefficient (Wildman–Crippen LogP) is 15.5. The number of hydrogen-bond donors (Lipinski definition) is 0. The molecule has 288 valence electrons. The normalized spacial score (nSPS) is 11.9. The maximum atomic E-state index is 6.33. The first kappa shape index (κ1) is 34.5. The average Bonchev–Trinajstić information content (AvgIpc) is 3.92. The molecule has 0 N–H and O–H groups in total. The van der Waals surface area contributed by atoms with E-state index in [4.69, 9.17) is 23.8 Å². The third kappa shape index (κ3) is 5.45. The van der Waals surface area contributed by atoms with Crippen molar-refractivity contribution in [2.24, 2.45) is 0 Å². The molecule has 3 aromatic heterocycles. The highest BCUT2D eigenvalue weighted by atomic mass is 16.3. The van der Waals surface area contributed by atoms with Gasteiger partial charge in [0.15, 0.2) is 17.5 Å². The van der Waals surface area contributed by atoms with E-state index in [2.05, 4.69) is 158 Å². The number of hydrogen-bond acceptors (Lipinski definition) is 5. The molecule has 0 radical (unpaired) electrons. The maximum absolute atomic E-state index is 6.33. The Labute approximate surface area is 355 Å². The molecule has 0 bridgehead atoms. The first-order chi connectivity index (χ1) is 30.7. The molecule has 10 aromatic carbocycles. The van der Waals surface area contributed by atoms with Gasteiger partial charge in [0.1, 0.15) is 22.3 Å². The Bertz CT molecular complexity index is 3940. The Morgan fingerprint density at radius 3 is 1.58 bits per heavy atom. The molecule has 0 aliphatic carbocycles. The molecule has 13 aromatic rings. The van der Waals surface area contributed by atoms with E-state index in [1.807, 2.05) is 42.5 Å². The summed E-state index contributed by atoms with van der Waals surface area (Å²) in [6.07, 6.45) is 0.